The summed E-state index contributed by atoms with van der Waals surface area (Å²) in [4.78, 5) is 1.09. The van der Waals surface area contributed by atoms with E-state index in [9.17, 15) is 13.2 Å². The van der Waals surface area contributed by atoms with Gasteiger partial charge in [0.15, 0.2) is 0 Å². The second-order valence-corrected chi connectivity index (χ2v) is 3.53. The number of rotatable bonds is 4. The fraction of sp³-hybridized carbons (Fsp3) is 0.889. The fourth-order valence-corrected chi connectivity index (χ4v) is 1.16. The van der Waals surface area contributed by atoms with E-state index < -0.39 is 12.7 Å². The average Bonchev–Trinajstić information content (AvgIpc) is 1.98. The molecule has 0 aliphatic carbocycles. The van der Waals surface area contributed by atoms with Crippen molar-refractivity contribution in [1.29, 1.82) is 5.41 Å². The maximum absolute atomic E-state index is 12.1. The molecule has 0 heterocycles. The van der Waals surface area contributed by atoms with Gasteiger partial charge in [-0.05, 0) is 20.3 Å². The van der Waals surface area contributed by atoms with Crippen LogP contribution in [-0.2, 0) is 0 Å². The summed E-state index contributed by atoms with van der Waals surface area (Å²) in [7, 11) is 0. The van der Waals surface area contributed by atoms with Crippen LogP contribution in [0.15, 0.2) is 0 Å². The lowest BCUT2D eigenvalue weighted by Gasteiger charge is -2.29. The Hall–Kier alpha value is -0.740. The normalized spacial score (nSPS) is 11.9. The molecule has 0 aromatic carbocycles. The van der Waals surface area contributed by atoms with Crippen molar-refractivity contribution in [3.05, 3.63) is 0 Å². The van der Waals surface area contributed by atoms with Crippen LogP contribution >= 0.6 is 0 Å². The zero-order valence-electron chi connectivity index (χ0n) is 8.78. The third-order valence-electron chi connectivity index (χ3n) is 1.81. The van der Waals surface area contributed by atoms with Crippen LogP contribution < -0.4 is 0 Å². The Morgan fingerprint density at radius 1 is 1.36 bits per heavy atom. The maximum atomic E-state index is 12.1. The minimum Gasteiger partial charge on any atom is -0.349 e. The molecule has 0 aliphatic heterocycles. The molecule has 0 aromatic rings. The minimum atomic E-state index is -4.23. The summed E-state index contributed by atoms with van der Waals surface area (Å²) >= 11 is 0. The summed E-state index contributed by atoms with van der Waals surface area (Å²) < 4.78 is 36.4. The second-order valence-electron chi connectivity index (χ2n) is 3.53. The average molecular weight is 210 g/mol. The van der Waals surface area contributed by atoms with E-state index in [-0.39, 0.29) is 11.9 Å². The van der Waals surface area contributed by atoms with Gasteiger partial charge in [-0.15, -0.1) is 0 Å². The molecule has 2 nitrogen and oxygen atoms in total. The number of nitrogens with zero attached hydrogens (tertiary/aromatic N) is 1. The predicted molar refractivity (Wildman–Crippen MR) is 50.5 cm³/mol. The van der Waals surface area contributed by atoms with Crippen LogP contribution in [0.2, 0.25) is 0 Å². The molecule has 0 rings (SSSR count). The first kappa shape index (κ1) is 13.3. The topological polar surface area (TPSA) is 27.1 Å². The fourth-order valence-electron chi connectivity index (χ4n) is 1.16. The van der Waals surface area contributed by atoms with Gasteiger partial charge in [-0.25, -0.2) is 0 Å². The van der Waals surface area contributed by atoms with Gasteiger partial charge in [-0.2, -0.15) is 13.2 Å². The summed E-state index contributed by atoms with van der Waals surface area (Å²) in [6.07, 6.45) is -3.14. The lowest BCUT2D eigenvalue weighted by molar-refractivity contribution is -0.140. The summed E-state index contributed by atoms with van der Waals surface area (Å²) in [6, 6.07) is -0.282. The van der Waals surface area contributed by atoms with Crippen molar-refractivity contribution in [3.63, 3.8) is 0 Å². The number of amidine groups is 1. The molecule has 0 atom stereocenters. The van der Waals surface area contributed by atoms with Gasteiger partial charge in [0.25, 0.3) is 0 Å². The molecule has 0 aliphatic rings. The van der Waals surface area contributed by atoms with Crippen molar-refractivity contribution in [2.24, 2.45) is 0 Å². The standard InChI is InChI=1S/C9H17F3N2/c1-4-5-8(13)14(7(2)3)6-9(10,11)12/h7,13H,4-6H2,1-3H3. The second kappa shape index (κ2) is 5.22. The number of alkyl halides is 3. The van der Waals surface area contributed by atoms with E-state index in [1.807, 2.05) is 6.92 Å². The molecule has 0 spiro atoms. The van der Waals surface area contributed by atoms with Crippen LogP contribution in [0.1, 0.15) is 33.6 Å². The molecule has 0 radical (unpaired) electrons. The van der Waals surface area contributed by atoms with Crippen LogP contribution in [0.4, 0.5) is 13.2 Å². The van der Waals surface area contributed by atoms with Crippen molar-refractivity contribution in [3.8, 4) is 0 Å². The summed E-state index contributed by atoms with van der Waals surface area (Å²) in [5.41, 5.74) is 0. The first-order valence-corrected chi connectivity index (χ1v) is 4.68. The molecule has 84 valence electrons. The molecule has 1 N–H and O–H groups in total. The van der Waals surface area contributed by atoms with Gasteiger partial charge in [-0.3, -0.25) is 5.41 Å². The largest absolute Gasteiger partial charge is 0.405 e. The number of nitrogens with one attached hydrogen (secondary N) is 1. The van der Waals surface area contributed by atoms with Gasteiger partial charge < -0.3 is 4.90 Å². The van der Waals surface area contributed by atoms with E-state index in [1.165, 1.54) is 0 Å². The molecule has 14 heavy (non-hydrogen) atoms. The van der Waals surface area contributed by atoms with Crippen LogP contribution in [0.3, 0.4) is 0 Å². The van der Waals surface area contributed by atoms with Crippen molar-refractivity contribution in [2.75, 3.05) is 6.54 Å². The molecule has 0 saturated heterocycles. The van der Waals surface area contributed by atoms with E-state index in [2.05, 4.69) is 0 Å². The first-order chi connectivity index (χ1) is 6.28. The molecular weight excluding hydrogens is 193 g/mol. The zero-order valence-corrected chi connectivity index (χ0v) is 8.78. The monoisotopic (exact) mass is 210 g/mol. The Bertz CT molecular complexity index is 187. The quantitative estimate of drug-likeness (QED) is 0.560. The van der Waals surface area contributed by atoms with Gasteiger partial charge in [0.2, 0.25) is 0 Å². The molecule has 0 saturated carbocycles. The predicted octanol–water partition coefficient (Wildman–Crippen LogP) is 3.04. The summed E-state index contributed by atoms with van der Waals surface area (Å²) in [5.74, 6) is 0.0693. The van der Waals surface area contributed by atoms with E-state index in [0.29, 0.717) is 12.8 Å². The van der Waals surface area contributed by atoms with E-state index >= 15 is 0 Å². The Morgan fingerprint density at radius 3 is 2.14 bits per heavy atom. The van der Waals surface area contributed by atoms with Crippen LogP contribution in [0, 0.1) is 5.41 Å². The smallest absolute Gasteiger partial charge is 0.349 e. The van der Waals surface area contributed by atoms with Crippen molar-refractivity contribution >= 4 is 5.84 Å². The third kappa shape index (κ3) is 5.09. The number of hydrogen-bond donors (Lipinski definition) is 1. The molecule has 0 unspecified atom stereocenters. The summed E-state index contributed by atoms with van der Waals surface area (Å²) in [5, 5.41) is 7.48. The van der Waals surface area contributed by atoms with Gasteiger partial charge in [0.05, 0.1) is 5.84 Å². The van der Waals surface area contributed by atoms with Gasteiger partial charge >= 0.3 is 6.18 Å². The Balaban J connectivity index is 4.37. The van der Waals surface area contributed by atoms with Crippen LogP contribution in [0.25, 0.3) is 0 Å². The van der Waals surface area contributed by atoms with Crippen molar-refractivity contribution < 1.29 is 13.2 Å². The Morgan fingerprint density at radius 2 is 1.86 bits per heavy atom. The highest BCUT2D eigenvalue weighted by Crippen LogP contribution is 2.18. The lowest BCUT2D eigenvalue weighted by Crippen LogP contribution is -2.42. The minimum absolute atomic E-state index is 0.0693. The molecule has 0 aromatic heterocycles. The third-order valence-corrected chi connectivity index (χ3v) is 1.81. The Kier molecular flexibility index (Phi) is 4.94. The van der Waals surface area contributed by atoms with Crippen molar-refractivity contribution in [1.82, 2.24) is 4.90 Å². The maximum Gasteiger partial charge on any atom is 0.405 e. The van der Waals surface area contributed by atoms with Gasteiger partial charge in [-0.1, -0.05) is 6.92 Å². The molecule has 5 heteroatoms. The van der Waals surface area contributed by atoms with Crippen LogP contribution in [-0.4, -0.2) is 29.5 Å². The van der Waals surface area contributed by atoms with E-state index in [0.717, 1.165) is 4.90 Å². The molecule has 0 amide bonds. The molecular formula is C9H17F3N2. The highest BCUT2D eigenvalue weighted by molar-refractivity contribution is 5.79. The first-order valence-electron chi connectivity index (χ1n) is 4.68. The lowest BCUT2D eigenvalue weighted by atomic mass is 10.2. The van der Waals surface area contributed by atoms with E-state index in [1.54, 1.807) is 13.8 Å². The van der Waals surface area contributed by atoms with Crippen molar-refractivity contribution in [2.45, 2.75) is 45.8 Å². The highest BCUT2D eigenvalue weighted by atomic mass is 19.4. The zero-order chi connectivity index (χ0) is 11.4. The molecule has 0 bridgehead atoms. The van der Waals surface area contributed by atoms with E-state index in [4.69, 9.17) is 5.41 Å². The van der Waals surface area contributed by atoms with Gasteiger partial charge in [0, 0.05) is 12.5 Å². The Labute approximate surface area is 82.6 Å². The van der Waals surface area contributed by atoms with Crippen LogP contribution in [0.5, 0.6) is 0 Å². The SMILES string of the molecule is CCCC(=N)N(CC(F)(F)F)C(C)C. The number of hydrogen-bond acceptors (Lipinski definition) is 1. The highest BCUT2D eigenvalue weighted by Gasteiger charge is 2.32. The summed E-state index contributed by atoms with van der Waals surface area (Å²) in [6.45, 7) is 4.15. The van der Waals surface area contributed by atoms with Gasteiger partial charge in [0.1, 0.15) is 6.54 Å². The molecule has 0 fully saturated rings. The number of halogens is 3.